The summed E-state index contributed by atoms with van der Waals surface area (Å²) in [5, 5.41) is 2.88. The van der Waals surface area contributed by atoms with Crippen molar-refractivity contribution in [3.05, 3.63) is 35.9 Å². The maximum absolute atomic E-state index is 11.5. The number of rotatable bonds is 9. The highest BCUT2D eigenvalue weighted by Gasteiger charge is 2.01. The minimum absolute atomic E-state index is 0.0937. The van der Waals surface area contributed by atoms with E-state index in [2.05, 4.69) is 5.32 Å². The fraction of sp³-hybridized carbons (Fsp3) is 0.500. The highest BCUT2D eigenvalue weighted by molar-refractivity contribution is 6.17. The molecule has 0 aliphatic carbocycles. The Labute approximate surface area is 113 Å². The lowest BCUT2D eigenvalue weighted by atomic mass is 10.1. The molecule has 0 spiro atoms. The molecular weight excluding hydrogens is 250 g/mol. The number of halogens is 1. The third-order valence-electron chi connectivity index (χ3n) is 2.49. The van der Waals surface area contributed by atoms with Gasteiger partial charge in [-0.3, -0.25) is 4.79 Å². The minimum Gasteiger partial charge on any atom is -0.380 e. The van der Waals surface area contributed by atoms with E-state index >= 15 is 0 Å². The van der Waals surface area contributed by atoms with Crippen molar-refractivity contribution in [1.82, 2.24) is 5.32 Å². The van der Waals surface area contributed by atoms with Crippen LogP contribution in [0.3, 0.4) is 0 Å². The first-order valence-electron chi connectivity index (χ1n) is 6.27. The zero-order chi connectivity index (χ0) is 13.1. The van der Waals surface area contributed by atoms with E-state index in [9.17, 15) is 4.79 Å². The maximum atomic E-state index is 11.5. The Morgan fingerprint density at radius 3 is 2.72 bits per heavy atom. The smallest absolute Gasteiger partial charge is 0.220 e. The molecule has 1 N–H and O–H groups in total. The number of aryl methyl sites for hydroxylation is 1. The molecular formula is C14H20ClNO2. The lowest BCUT2D eigenvalue weighted by Gasteiger charge is -2.05. The summed E-state index contributed by atoms with van der Waals surface area (Å²) in [5.41, 5.74) is 1.19. The van der Waals surface area contributed by atoms with Gasteiger partial charge in [-0.1, -0.05) is 30.3 Å². The second-order valence-electron chi connectivity index (χ2n) is 3.99. The average molecular weight is 270 g/mol. The second kappa shape index (κ2) is 9.92. The standard InChI is InChI=1S/C14H20ClNO2/c15-9-12-18-11-4-10-16-14(17)8-7-13-5-2-1-3-6-13/h1-3,5-6H,4,7-12H2,(H,16,17). The molecule has 0 bridgehead atoms. The summed E-state index contributed by atoms with van der Waals surface area (Å²) in [5.74, 6) is 0.611. The molecule has 0 radical (unpaired) electrons. The Balaban J connectivity index is 2.01. The van der Waals surface area contributed by atoms with Gasteiger partial charge in [-0.15, -0.1) is 11.6 Å². The lowest BCUT2D eigenvalue weighted by Crippen LogP contribution is -2.25. The van der Waals surface area contributed by atoms with Crippen molar-refractivity contribution >= 4 is 17.5 Å². The molecule has 0 aliphatic heterocycles. The number of hydrogen-bond acceptors (Lipinski definition) is 2. The minimum atomic E-state index is 0.0937. The molecule has 0 saturated heterocycles. The number of carbonyl (C=O) groups is 1. The van der Waals surface area contributed by atoms with Crippen LogP contribution in [0.15, 0.2) is 30.3 Å². The molecule has 0 atom stereocenters. The van der Waals surface area contributed by atoms with E-state index in [0.29, 0.717) is 32.1 Å². The van der Waals surface area contributed by atoms with Crippen LogP contribution in [0.25, 0.3) is 0 Å². The van der Waals surface area contributed by atoms with Crippen molar-refractivity contribution < 1.29 is 9.53 Å². The largest absolute Gasteiger partial charge is 0.380 e. The molecule has 3 nitrogen and oxygen atoms in total. The molecule has 1 rings (SSSR count). The van der Waals surface area contributed by atoms with Crippen molar-refractivity contribution in [2.45, 2.75) is 19.3 Å². The molecule has 18 heavy (non-hydrogen) atoms. The van der Waals surface area contributed by atoms with E-state index in [0.717, 1.165) is 12.8 Å². The third-order valence-corrected chi connectivity index (χ3v) is 2.65. The molecule has 0 fully saturated rings. The molecule has 1 aromatic carbocycles. The van der Waals surface area contributed by atoms with E-state index in [1.165, 1.54) is 5.56 Å². The molecule has 4 heteroatoms. The number of amides is 1. The highest BCUT2D eigenvalue weighted by Crippen LogP contribution is 2.01. The van der Waals surface area contributed by atoms with Gasteiger partial charge in [-0.05, 0) is 18.4 Å². The fourth-order valence-electron chi connectivity index (χ4n) is 1.55. The molecule has 0 unspecified atom stereocenters. The summed E-state index contributed by atoms with van der Waals surface area (Å²) >= 11 is 5.47. The van der Waals surface area contributed by atoms with Gasteiger partial charge in [-0.25, -0.2) is 0 Å². The molecule has 0 heterocycles. The van der Waals surface area contributed by atoms with Crippen molar-refractivity contribution in [2.24, 2.45) is 0 Å². The Morgan fingerprint density at radius 1 is 1.22 bits per heavy atom. The van der Waals surface area contributed by atoms with Crippen LogP contribution in [0.5, 0.6) is 0 Å². The van der Waals surface area contributed by atoms with Crippen molar-refractivity contribution in [2.75, 3.05) is 25.6 Å². The van der Waals surface area contributed by atoms with Crippen LogP contribution in [0.2, 0.25) is 0 Å². The zero-order valence-corrected chi connectivity index (χ0v) is 11.3. The monoisotopic (exact) mass is 269 g/mol. The van der Waals surface area contributed by atoms with Crippen molar-refractivity contribution in [3.63, 3.8) is 0 Å². The zero-order valence-electron chi connectivity index (χ0n) is 10.5. The van der Waals surface area contributed by atoms with Gasteiger partial charge in [0, 0.05) is 25.5 Å². The van der Waals surface area contributed by atoms with Gasteiger partial charge in [0.1, 0.15) is 0 Å². The van der Waals surface area contributed by atoms with Gasteiger partial charge >= 0.3 is 0 Å². The highest BCUT2D eigenvalue weighted by atomic mass is 35.5. The van der Waals surface area contributed by atoms with E-state index < -0.39 is 0 Å². The Morgan fingerprint density at radius 2 is 2.00 bits per heavy atom. The van der Waals surface area contributed by atoms with Crippen LogP contribution in [-0.4, -0.2) is 31.5 Å². The van der Waals surface area contributed by atoms with Gasteiger partial charge < -0.3 is 10.1 Å². The van der Waals surface area contributed by atoms with Crippen LogP contribution in [-0.2, 0) is 16.0 Å². The number of carbonyl (C=O) groups excluding carboxylic acids is 1. The summed E-state index contributed by atoms with van der Waals surface area (Å²) in [6.07, 6.45) is 2.15. The van der Waals surface area contributed by atoms with Gasteiger partial charge in [0.2, 0.25) is 5.91 Å². The molecule has 0 aromatic heterocycles. The van der Waals surface area contributed by atoms with Gasteiger partial charge in [0.15, 0.2) is 0 Å². The van der Waals surface area contributed by atoms with Crippen molar-refractivity contribution in [3.8, 4) is 0 Å². The predicted molar refractivity (Wildman–Crippen MR) is 73.9 cm³/mol. The number of nitrogens with one attached hydrogen (secondary N) is 1. The molecule has 1 amide bonds. The topological polar surface area (TPSA) is 38.3 Å². The number of alkyl halides is 1. The first-order chi connectivity index (χ1) is 8.83. The van der Waals surface area contributed by atoms with Crippen LogP contribution in [0.1, 0.15) is 18.4 Å². The first kappa shape index (κ1) is 15.0. The Hall–Kier alpha value is -1.06. The number of benzene rings is 1. The van der Waals surface area contributed by atoms with E-state index in [-0.39, 0.29) is 5.91 Å². The first-order valence-corrected chi connectivity index (χ1v) is 6.80. The van der Waals surface area contributed by atoms with Gasteiger partial charge in [0.25, 0.3) is 0 Å². The number of hydrogen-bond donors (Lipinski definition) is 1. The van der Waals surface area contributed by atoms with Crippen LogP contribution < -0.4 is 5.32 Å². The summed E-state index contributed by atoms with van der Waals surface area (Å²) in [6, 6.07) is 10.0. The predicted octanol–water partition coefficient (Wildman–Crippen LogP) is 2.38. The lowest BCUT2D eigenvalue weighted by molar-refractivity contribution is -0.121. The summed E-state index contributed by atoms with van der Waals surface area (Å²) < 4.78 is 5.21. The van der Waals surface area contributed by atoms with E-state index in [1.54, 1.807) is 0 Å². The SMILES string of the molecule is O=C(CCc1ccccc1)NCCCOCCCl. The number of ether oxygens (including phenoxy) is 1. The third kappa shape index (κ3) is 7.30. The van der Waals surface area contributed by atoms with E-state index in [1.807, 2.05) is 30.3 Å². The molecule has 0 aliphatic rings. The van der Waals surface area contributed by atoms with E-state index in [4.69, 9.17) is 16.3 Å². The summed E-state index contributed by atoms with van der Waals surface area (Å²) in [6.45, 7) is 1.88. The van der Waals surface area contributed by atoms with Crippen molar-refractivity contribution in [1.29, 1.82) is 0 Å². The average Bonchev–Trinajstić information content (AvgIpc) is 2.41. The van der Waals surface area contributed by atoms with Crippen LogP contribution in [0.4, 0.5) is 0 Å². The Kier molecular flexibility index (Phi) is 8.26. The fourth-order valence-corrected chi connectivity index (χ4v) is 1.66. The van der Waals surface area contributed by atoms with Crippen LogP contribution >= 0.6 is 11.6 Å². The summed E-state index contributed by atoms with van der Waals surface area (Å²) in [4.78, 5) is 11.5. The normalized spacial score (nSPS) is 10.3. The quantitative estimate of drug-likeness (QED) is 0.552. The Bertz CT molecular complexity index is 330. The molecule has 0 saturated carbocycles. The second-order valence-corrected chi connectivity index (χ2v) is 4.37. The summed E-state index contributed by atoms with van der Waals surface area (Å²) in [7, 11) is 0. The molecule has 100 valence electrons. The maximum Gasteiger partial charge on any atom is 0.220 e. The van der Waals surface area contributed by atoms with Gasteiger partial charge in [-0.2, -0.15) is 0 Å². The van der Waals surface area contributed by atoms with Gasteiger partial charge in [0.05, 0.1) is 6.61 Å². The van der Waals surface area contributed by atoms with Crippen LogP contribution in [0, 0.1) is 0 Å². The molecule has 1 aromatic rings.